The van der Waals surface area contributed by atoms with Crippen LogP contribution in [0.1, 0.15) is 18.9 Å². The normalized spacial score (nSPS) is 10.4. The predicted octanol–water partition coefficient (Wildman–Crippen LogP) is 4.58. The van der Waals surface area contributed by atoms with E-state index in [9.17, 15) is 4.79 Å². The molecule has 1 amide bonds. The summed E-state index contributed by atoms with van der Waals surface area (Å²) < 4.78 is 5.61. The maximum absolute atomic E-state index is 11.8. The molecule has 0 fully saturated rings. The second-order valence-electron chi connectivity index (χ2n) is 5.25. The van der Waals surface area contributed by atoms with Crippen LogP contribution < -0.4 is 10.1 Å². The van der Waals surface area contributed by atoms with Gasteiger partial charge in [0.2, 0.25) is 5.91 Å². The highest BCUT2D eigenvalue weighted by molar-refractivity contribution is 7.99. The number of amides is 1. The Morgan fingerprint density at radius 1 is 1.12 bits per heavy atom. The van der Waals surface area contributed by atoms with E-state index in [0.717, 1.165) is 27.8 Å². The minimum Gasteiger partial charge on any atom is -0.492 e. The molecule has 2 rings (SSSR count). The molecular formula is C19H22ClNO2S. The van der Waals surface area contributed by atoms with E-state index in [1.54, 1.807) is 11.8 Å². The molecule has 0 saturated heterocycles. The Balaban J connectivity index is 1.56. The van der Waals surface area contributed by atoms with Crippen molar-refractivity contribution in [1.29, 1.82) is 0 Å². The second kappa shape index (κ2) is 10.3. The van der Waals surface area contributed by atoms with Crippen LogP contribution in [0.2, 0.25) is 5.02 Å². The first-order valence-electron chi connectivity index (χ1n) is 8.04. The first-order valence-corrected chi connectivity index (χ1v) is 9.40. The van der Waals surface area contributed by atoms with E-state index in [1.807, 2.05) is 36.4 Å². The zero-order valence-electron chi connectivity index (χ0n) is 13.8. The number of hydrogen-bond donors (Lipinski definition) is 1. The topological polar surface area (TPSA) is 38.3 Å². The highest BCUT2D eigenvalue weighted by Gasteiger charge is 2.02. The second-order valence-corrected chi connectivity index (χ2v) is 6.85. The fourth-order valence-corrected chi connectivity index (χ4v) is 3.04. The molecule has 24 heavy (non-hydrogen) atoms. The molecule has 2 aromatic rings. The maximum atomic E-state index is 11.8. The highest BCUT2D eigenvalue weighted by atomic mass is 35.5. The number of carbonyl (C=O) groups is 1. The van der Waals surface area contributed by atoms with Crippen LogP contribution in [0, 0.1) is 0 Å². The Hall–Kier alpha value is -1.65. The molecule has 3 nitrogen and oxygen atoms in total. The van der Waals surface area contributed by atoms with Gasteiger partial charge in [-0.15, -0.1) is 11.8 Å². The van der Waals surface area contributed by atoms with Crippen molar-refractivity contribution in [2.45, 2.75) is 24.7 Å². The molecule has 0 aliphatic heterocycles. The number of hydrogen-bond acceptors (Lipinski definition) is 3. The summed E-state index contributed by atoms with van der Waals surface area (Å²) >= 11 is 7.49. The minimum atomic E-state index is 0.0430. The molecule has 0 aliphatic carbocycles. The number of aryl methyl sites for hydroxylation is 1. The van der Waals surface area contributed by atoms with E-state index in [0.29, 0.717) is 19.6 Å². The summed E-state index contributed by atoms with van der Waals surface area (Å²) in [5.74, 6) is 1.62. The fourth-order valence-electron chi connectivity index (χ4n) is 2.06. The monoisotopic (exact) mass is 363 g/mol. The van der Waals surface area contributed by atoms with E-state index in [1.165, 1.54) is 5.56 Å². The van der Waals surface area contributed by atoms with Crippen LogP contribution >= 0.6 is 23.4 Å². The fraction of sp³-hybridized carbons (Fsp3) is 0.316. The zero-order valence-corrected chi connectivity index (χ0v) is 15.3. The zero-order chi connectivity index (χ0) is 17.2. The van der Waals surface area contributed by atoms with Gasteiger partial charge in [0, 0.05) is 22.1 Å². The third-order valence-electron chi connectivity index (χ3n) is 3.44. The van der Waals surface area contributed by atoms with Gasteiger partial charge in [0.05, 0.1) is 6.54 Å². The number of halogens is 1. The standard InChI is InChI=1S/C19H22ClNO2S/c1-2-15-3-7-17(8-4-15)23-13-12-21-19(22)11-14-24-18-9-5-16(20)6-10-18/h3-10H,2,11-14H2,1H3,(H,21,22). The predicted molar refractivity (Wildman–Crippen MR) is 101 cm³/mol. The lowest BCUT2D eigenvalue weighted by Gasteiger charge is -2.08. The minimum absolute atomic E-state index is 0.0430. The van der Waals surface area contributed by atoms with Crippen molar-refractivity contribution in [2.75, 3.05) is 18.9 Å². The van der Waals surface area contributed by atoms with Gasteiger partial charge in [-0.05, 0) is 48.4 Å². The molecule has 0 heterocycles. The Morgan fingerprint density at radius 2 is 1.83 bits per heavy atom. The van der Waals surface area contributed by atoms with Crippen LogP contribution in [-0.2, 0) is 11.2 Å². The molecule has 1 N–H and O–H groups in total. The van der Waals surface area contributed by atoms with Gasteiger partial charge >= 0.3 is 0 Å². The van der Waals surface area contributed by atoms with Gasteiger partial charge in [0.1, 0.15) is 12.4 Å². The van der Waals surface area contributed by atoms with E-state index in [-0.39, 0.29) is 5.91 Å². The molecule has 0 saturated carbocycles. The maximum Gasteiger partial charge on any atom is 0.220 e. The molecule has 0 aliphatic rings. The quantitative estimate of drug-likeness (QED) is 0.523. The molecule has 0 spiro atoms. The van der Waals surface area contributed by atoms with Crippen LogP contribution in [0.4, 0.5) is 0 Å². The van der Waals surface area contributed by atoms with Gasteiger partial charge in [0.15, 0.2) is 0 Å². The lowest BCUT2D eigenvalue weighted by Crippen LogP contribution is -2.28. The van der Waals surface area contributed by atoms with Crippen molar-refractivity contribution in [3.63, 3.8) is 0 Å². The number of nitrogens with one attached hydrogen (secondary N) is 1. The molecule has 0 bridgehead atoms. The third kappa shape index (κ3) is 6.85. The summed E-state index contributed by atoms with van der Waals surface area (Å²) in [6, 6.07) is 15.7. The lowest BCUT2D eigenvalue weighted by molar-refractivity contribution is -0.120. The number of carbonyl (C=O) groups excluding carboxylic acids is 1. The Kier molecular flexibility index (Phi) is 7.99. The molecule has 0 radical (unpaired) electrons. The number of rotatable bonds is 9. The van der Waals surface area contributed by atoms with Gasteiger partial charge in [-0.3, -0.25) is 4.79 Å². The molecule has 0 atom stereocenters. The average molecular weight is 364 g/mol. The average Bonchev–Trinajstić information content (AvgIpc) is 2.61. The lowest BCUT2D eigenvalue weighted by atomic mass is 10.2. The van der Waals surface area contributed by atoms with E-state index >= 15 is 0 Å². The van der Waals surface area contributed by atoms with Gasteiger partial charge in [-0.2, -0.15) is 0 Å². The molecular weight excluding hydrogens is 342 g/mol. The first-order chi connectivity index (χ1) is 11.7. The summed E-state index contributed by atoms with van der Waals surface area (Å²) in [4.78, 5) is 12.9. The van der Waals surface area contributed by atoms with Crippen LogP contribution in [0.25, 0.3) is 0 Å². The summed E-state index contributed by atoms with van der Waals surface area (Å²) in [5, 5.41) is 3.60. The molecule has 0 aromatic heterocycles. The van der Waals surface area contributed by atoms with Crippen molar-refractivity contribution in [3.8, 4) is 5.75 Å². The summed E-state index contributed by atoms with van der Waals surface area (Å²) in [5.41, 5.74) is 1.29. The third-order valence-corrected chi connectivity index (χ3v) is 4.70. The first kappa shape index (κ1) is 18.7. The molecule has 2 aromatic carbocycles. The van der Waals surface area contributed by atoms with E-state index < -0.39 is 0 Å². The largest absolute Gasteiger partial charge is 0.492 e. The molecule has 128 valence electrons. The highest BCUT2D eigenvalue weighted by Crippen LogP contribution is 2.20. The van der Waals surface area contributed by atoms with Crippen LogP contribution in [0.5, 0.6) is 5.75 Å². The van der Waals surface area contributed by atoms with Gasteiger partial charge < -0.3 is 10.1 Å². The van der Waals surface area contributed by atoms with Gasteiger partial charge in [-0.1, -0.05) is 30.7 Å². The Morgan fingerprint density at radius 3 is 2.50 bits per heavy atom. The number of ether oxygens (including phenoxy) is 1. The van der Waals surface area contributed by atoms with Gasteiger partial charge in [0.25, 0.3) is 0 Å². The van der Waals surface area contributed by atoms with Crippen molar-refractivity contribution in [2.24, 2.45) is 0 Å². The van der Waals surface area contributed by atoms with Crippen LogP contribution in [0.15, 0.2) is 53.4 Å². The summed E-state index contributed by atoms with van der Waals surface area (Å²) in [6.07, 6.45) is 1.50. The van der Waals surface area contributed by atoms with E-state index in [2.05, 4.69) is 24.4 Å². The number of benzene rings is 2. The smallest absolute Gasteiger partial charge is 0.220 e. The molecule has 5 heteroatoms. The van der Waals surface area contributed by atoms with Crippen molar-refractivity contribution < 1.29 is 9.53 Å². The summed E-state index contributed by atoms with van der Waals surface area (Å²) in [7, 11) is 0. The van der Waals surface area contributed by atoms with Crippen LogP contribution in [0.3, 0.4) is 0 Å². The van der Waals surface area contributed by atoms with Crippen LogP contribution in [-0.4, -0.2) is 24.8 Å². The Bertz CT molecular complexity index is 629. The molecule has 0 unspecified atom stereocenters. The Labute approximate surface area is 152 Å². The van der Waals surface area contributed by atoms with Crippen molar-refractivity contribution in [1.82, 2.24) is 5.32 Å². The van der Waals surface area contributed by atoms with Crippen molar-refractivity contribution in [3.05, 3.63) is 59.1 Å². The summed E-state index contributed by atoms with van der Waals surface area (Å²) in [6.45, 7) is 3.11. The van der Waals surface area contributed by atoms with E-state index in [4.69, 9.17) is 16.3 Å². The SMILES string of the molecule is CCc1ccc(OCCNC(=O)CCSc2ccc(Cl)cc2)cc1. The van der Waals surface area contributed by atoms with Gasteiger partial charge in [-0.25, -0.2) is 0 Å². The number of thioether (sulfide) groups is 1. The van der Waals surface area contributed by atoms with Crippen molar-refractivity contribution >= 4 is 29.3 Å².